The lowest BCUT2D eigenvalue weighted by Gasteiger charge is -2.26. The van der Waals surface area contributed by atoms with Crippen molar-refractivity contribution in [3.63, 3.8) is 0 Å². The molecule has 0 unspecified atom stereocenters. The summed E-state index contributed by atoms with van der Waals surface area (Å²) in [6.07, 6.45) is 0.561. The average Bonchev–Trinajstić information content (AvgIpc) is 3.09. The van der Waals surface area contributed by atoms with Crippen LogP contribution in [0.5, 0.6) is 5.75 Å². The maximum atomic E-state index is 14.2. The van der Waals surface area contributed by atoms with Gasteiger partial charge in [-0.25, -0.2) is 9.37 Å². The van der Waals surface area contributed by atoms with E-state index in [4.69, 9.17) is 15.2 Å². The number of morpholine rings is 1. The Hall–Kier alpha value is -1.48. The zero-order chi connectivity index (χ0) is 16.9. The number of halogens is 3. The third-order valence-corrected chi connectivity index (χ3v) is 4.60. The topological polar surface area (TPSA) is 60.6 Å². The van der Waals surface area contributed by atoms with E-state index in [0.717, 1.165) is 24.3 Å². The van der Waals surface area contributed by atoms with Gasteiger partial charge in [0.1, 0.15) is 0 Å². The van der Waals surface area contributed by atoms with E-state index in [1.807, 2.05) is 5.38 Å². The third-order valence-electron chi connectivity index (χ3n) is 3.69. The molecule has 3 rings (SSSR count). The minimum atomic E-state index is -0.995. The molecule has 138 valence electrons. The minimum absolute atomic E-state index is 0. The van der Waals surface area contributed by atoms with Crippen LogP contribution < -0.4 is 15.4 Å². The van der Waals surface area contributed by atoms with Crippen LogP contribution in [0.1, 0.15) is 6.42 Å². The van der Waals surface area contributed by atoms with Gasteiger partial charge < -0.3 is 20.1 Å². The number of thiazole rings is 1. The van der Waals surface area contributed by atoms with Gasteiger partial charge in [0.25, 0.3) is 0 Å². The Labute approximate surface area is 155 Å². The van der Waals surface area contributed by atoms with Gasteiger partial charge in [-0.05, 0) is 25.1 Å². The zero-order valence-electron chi connectivity index (χ0n) is 13.5. The number of nitrogens with two attached hydrogens (primary N) is 1. The molecule has 9 heteroatoms. The summed E-state index contributed by atoms with van der Waals surface area (Å²) in [5.74, 6) is -2.04. The van der Waals surface area contributed by atoms with Crippen LogP contribution in [0.15, 0.2) is 17.5 Å². The van der Waals surface area contributed by atoms with Crippen LogP contribution in [0.3, 0.4) is 0 Å². The number of hydrogen-bond donors (Lipinski definition) is 1. The summed E-state index contributed by atoms with van der Waals surface area (Å²) in [5.41, 5.74) is 6.44. The molecule has 0 bridgehead atoms. The van der Waals surface area contributed by atoms with E-state index in [-0.39, 0.29) is 24.8 Å². The quantitative estimate of drug-likeness (QED) is 0.767. The van der Waals surface area contributed by atoms with Gasteiger partial charge in [0.15, 0.2) is 16.7 Å². The van der Waals surface area contributed by atoms with Crippen molar-refractivity contribution in [3.8, 4) is 17.0 Å². The minimum Gasteiger partial charge on any atom is -0.490 e. The fraction of sp³-hybridized carbons (Fsp3) is 0.438. The molecule has 0 saturated carbocycles. The van der Waals surface area contributed by atoms with Crippen LogP contribution in [0.2, 0.25) is 0 Å². The highest BCUT2D eigenvalue weighted by molar-refractivity contribution is 7.14. The van der Waals surface area contributed by atoms with E-state index in [1.165, 1.54) is 17.4 Å². The van der Waals surface area contributed by atoms with Crippen LogP contribution >= 0.6 is 23.7 Å². The molecule has 0 amide bonds. The lowest BCUT2D eigenvalue weighted by atomic mass is 10.1. The van der Waals surface area contributed by atoms with E-state index in [1.54, 1.807) is 0 Å². The molecular formula is C16H20ClF2N3O2S. The Kier molecular flexibility index (Phi) is 7.37. The summed E-state index contributed by atoms with van der Waals surface area (Å²) in [5, 5.41) is 2.67. The van der Waals surface area contributed by atoms with Crippen LogP contribution in [-0.4, -0.2) is 44.4 Å². The number of nitrogens with zero attached hydrogens (tertiary/aromatic N) is 2. The number of aromatic nitrogens is 1. The number of anilines is 1. The molecule has 1 aromatic carbocycles. The molecule has 25 heavy (non-hydrogen) atoms. The van der Waals surface area contributed by atoms with Gasteiger partial charge in [0.2, 0.25) is 5.82 Å². The summed E-state index contributed by atoms with van der Waals surface area (Å²) in [7, 11) is 0. The van der Waals surface area contributed by atoms with Gasteiger partial charge in [0.05, 0.1) is 25.5 Å². The van der Waals surface area contributed by atoms with Gasteiger partial charge in [-0.1, -0.05) is 0 Å². The largest absolute Gasteiger partial charge is 0.490 e. The molecule has 1 saturated heterocycles. The van der Waals surface area contributed by atoms with Crippen LogP contribution in [0.25, 0.3) is 11.3 Å². The van der Waals surface area contributed by atoms with Crippen molar-refractivity contribution in [1.82, 2.24) is 4.98 Å². The van der Waals surface area contributed by atoms with Crippen molar-refractivity contribution in [1.29, 1.82) is 0 Å². The van der Waals surface area contributed by atoms with Gasteiger partial charge in [-0.2, -0.15) is 4.39 Å². The molecular weight excluding hydrogens is 372 g/mol. The Morgan fingerprint density at radius 2 is 2.04 bits per heavy atom. The second kappa shape index (κ2) is 9.28. The maximum absolute atomic E-state index is 14.2. The fourth-order valence-corrected chi connectivity index (χ4v) is 3.30. The van der Waals surface area contributed by atoms with E-state index < -0.39 is 11.6 Å². The SMILES string of the molecule is Cl.NCCCOc1c(-c2csc(N3CCOCC3)n2)ccc(F)c1F. The predicted octanol–water partition coefficient (Wildman–Crippen LogP) is 3.07. The maximum Gasteiger partial charge on any atom is 0.201 e. The summed E-state index contributed by atoms with van der Waals surface area (Å²) in [6, 6.07) is 2.59. The number of hydrogen-bond acceptors (Lipinski definition) is 6. The van der Waals surface area contributed by atoms with Crippen LogP contribution in [-0.2, 0) is 4.74 Å². The average molecular weight is 392 g/mol. The van der Waals surface area contributed by atoms with Crippen molar-refractivity contribution in [2.24, 2.45) is 5.73 Å². The summed E-state index contributed by atoms with van der Waals surface area (Å²) in [4.78, 5) is 6.68. The van der Waals surface area contributed by atoms with E-state index in [9.17, 15) is 8.78 Å². The predicted molar refractivity (Wildman–Crippen MR) is 96.9 cm³/mol. The summed E-state index contributed by atoms with van der Waals surface area (Å²) < 4.78 is 38.5. The molecule has 0 radical (unpaired) electrons. The first-order valence-electron chi connectivity index (χ1n) is 7.80. The first-order chi connectivity index (χ1) is 11.7. The highest BCUT2D eigenvalue weighted by Crippen LogP contribution is 2.36. The first-order valence-corrected chi connectivity index (χ1v) is 8.68. The normalized spacial score (nSPS) is 14.3. The smallest absolute Gasteiger partial charge is 0.201 e. The lowest BCUT2D eigenvalue weighted by molar-refractivity contribution is 0.122. The van der Waals surface area contributed by atoms with Gasteiger partial charge in [-0.15, -0.1) is 23.7 Å². The number of benzene rings is 1. The Morgan fingerprint density at radius 1 is 1.28 bits per heavy atom. The summed E-state index contributed by atoms with van der Waals surface area (Å²) in [6.45, 7) is 3.50. The monoisotopic (exact) mass is 391 g/mol. The van der Waals surface area contributed by atoms with Crippen molar-refractivity contribution in [3.05, 3.63) is 29.1 Å². The van der Waals surface area contributed by atoms with Crippen molar-refractivity contribution >= 4 is 28.9 Å². The number of rotatable bonds is 6. The molecule has 0 spiro atoms. The molecule has 0 aliphatic carbocycles. The second-order valence-electron chi connectivity index (χ2n) is 5.34. The molecule has 1 aliphatic rings. The number of ether oxygens (including phenoxy) is 2. The molecule has 1 aromatic heterocycles. The van der Waals surface area contributed by atoms with Crippen molar-refractivity contribution in [2.75, 3.05) is 44.4 Å². The van der Waals surface area contributed by atoms with Crippen LogP contribution in [0, 0.1) is 11.6 Å². The van der Waals surface area contributed by atoms with Crippen LogP contribution in [0.4, 0.5) is 13.9 Å². The highest BCUT2D eigenvalue weighted by atomic mass is 35.5. The van der Waals surface area contributed by atoms with Gasteiger partial charge >= 0.3 is 0 Å². The molecule has 2 aromatic rings. The lowest BCUT2D eigenvalue weighted by Crippen LogP contribution is -2.36. The fourth-order valence-electron chi connectivity index (χ4n) is 2.42. The Bertz CT molecular complexity index is 696. The van der Waals surface area contributed by atoms with Gasteiger partial charge in [-0.3, -0.25) is 0 Å². The standard InChI is InChI=1S/C16H19F2N3O2S.ClH/c17-12-3-2-11(15(14(12)18)23-7-1-4-19)13-10-24-16(20-13)21-5-8-22-9-6-21;/h2-3,10H,1,4-9,19H2;1H. The molecule has 2 heterocycles. The third kappa shape index (κ3) is 4.58. The molecule has 1 fully saturated rings. The zero-order valence-corrected chi connectivity index (χ0v) is 15.2. The second-order valence-corrected chi connectivity index (χ2v) is 6.18. The summed E-state index contributed by atoms with van der Waals surface area (Å²) >= 11 is 1.47. The molecule has 2 N–H and O–H groups in total. The van der Waals surface area contributed by atoms with E-state index in [0.29, 0.717) is 37.4 Å². The molecule has 1 aliphatic heterocycles. The first kappa shape index (κ1) is 19.8. The van der Waals surface area contributed by atoms with Gasteiger partial charge in [0, 0.05) is 24.0 Å². The Balaban J connectivity index is 0.00000225. The highest BCUT2D eigenvalue weighted by Gasteiger charge is 2.20. The molecule has 5 nitrogen and oxygen atoms in total. The Morgan fingerprint density at radius 3 is 2.76 bits per heavy atom. The van der Waals surface area contributed by atoms with Crippen molar-refractivity contribution < 1.29 is 18.3 Å². The van der Waals surface area contributed by atoms with E-state index >= 15 is 0 Å². The van der Waals surface area contributed by atoms with Crippen molar-refractivity contribution in [2.45, 2.75) is 6.42 Å². The van der Waals surface area contributed by atoms with E-state index in [2.05, 4.69) is 9.88 Å². The molecule has 0 atom stereocenters.